The van der Waals surface area contributed by atoms with Crippen molar-refractivity contribution in [2.45, 2.75) is 6.54 Å². The number of carbonyl (C=O) groups excluding carboxylic acids is 1. The van der Waals surface area contributed by atoms with E-state index in [0.29, 0.717) is 16.3 Å². The summed E-state index contributed by atoms with van der Waals surface area (Å²) in [6, 6.07) is 2.85. The molecule has 78 valence electrons. The van der Waals surface area contributed by atoms with Crippen LogP contribution in [0.4, 0.5) is 0 Å². The molecule has 6 heteroatoms. The summed E-state index contributed by atoms with van der Waals surface area (Å²) in [6.07, 6.45) is 0.608. The molecule has 0 spiro atoms. The van der Waals surface area contributed by atoms with Gasteiger partial charge in [0.25, 0.3) is 0 Å². The Morgan fingerprint density at radius 3 is 2.93 bits per heavy atom. The summed E-state index contributed by atoms with van der Waals surface area (Å²) in [4.78, 5) is 21.6. The van der Waals surface area contributed by atoms with Crippen molar-refractivity contribution in [2.24, 2.45) is 0 Å². The maximum atomic E-state index is 11.3. The maximum Gasteiger partial charge on any atom is 0.420 e. The zero-order valence-electron chi connectivity index (χ0n) is 7.44. The largest absolute Gasteiger partial charge is 0.507 e. The van der Waals surface area contributed by atoms with E-state index in [-0.39, 0.29) is 17.9 Å². The van der Waals surface area contributed by atoms with Crippen LogP contribution in [0.25, 0.3) is 11.1 Å². The Kier molecular flexibility index (Phi) is 2.36. The second-order valence-electron chi connectivity index (χ2n) is 2.92. The highest BCUT2D eigenvalue weighted by Crippen LogP contribution is 2.28. The summed E-state index contributed by atoms with van der Waals surface area (Å²) >= 11 is 3.12. The first kappa shape index (κ1) is 9.97. The number of aromatic nitrogens is 1. The molecule has 0 fully saturated rings. The van der Waals surface area contributed by atoms with E-state index < -0.39 is 5.76 Å². The summed E-state index contributed by atoms with van der Waals surface area (Å²) in [6.45, 7) is -0.0664. The van der Waals surface area contributed by atoms with Crippen molar-refractivity contribution < 1.29 is 14.3 Å². The number of oxazole rings is 1. The predicted octanol–water partition coefficient (Wildman–Crippen LogP) is 1.26. The van der Waals surface area contributed by atoms with E-state index in [2.05, 4.69) is 15.9 Å². The normalized spacial score (nSPS) is 10.7. The van der Waals surface area contributed by atoms with Gasteiger partial charge < -0.3 is 14.3 Å². The van der Waals surface area contributed by atoms with Crippen molar-refractivity contribution >= 4 is 33.3 Å². The zero-order valence-corrected chi connectivity index (χ0v) is 9.02. The second-order valence-corrected chi connectivity index (χ2v) is 3.77. The first-order valence-electron chi connectivity index (χ1n) is 4.09. The van der Waals surface area contributed by atoms with E-state index in [1.165, 1.54) is 16.7 Å². The second kappa shape index (κ2) is 3.54. The SMILES string of the molecule is O=CCn1c(=O)oc2cc(O)c(Br)cc21. The van der Waals surface area contributed by atoms with Gasteiger partial charge in [-0.05, 0) is 22.0 Å². The molecule has 0 aliphatic heterocycles. The van der Waals surface area contributed by atoms with Gasteiger partial charge in [0.05, 0.1) is 16.5 Å². The van der Waals surface area contributed by atoms with Crippen molar-refractivity contribution in [3.05, 3.63) is 27.2 Å². The molecule has 15 heavy (non-hydrogen) atoms. The van der Waals surface area contributed by atoms with Gasteiger partial charge in [-0.25, -0.2) is 4.79 Å². The average molecular weight is 272 g/mol. The van der Waals surface area contributed by atoms with Gasteiger partial charge in [-0.2, -0.15) is 0 Å². The van der Waals surface area contributed by atoms with Gasteiger partial charge in [0.2, 0.25) is 0 Å². The topological polar surface area (TPSA) is 72.4 Å². The fourth-order valence-electron chi connectivity index (χ4n) is 1.32. The number of benzene rings is 1. The van der Waals surface area contributed by atoms with Gasteiger partial charge in [-0.3, -0.25) is 4.57 Å². The number of fused-ring (bicyclic) bond motifs is 1. The molecule has 0 bridgehead atoms. The lowest BCUT2D eigenvalue weighted by atomic mass is 10.3. The molecule has 0 saturated carbocycles. The molecule has 1 heterocycles. The molecule has 1 N–H and O–H groups in total. The highest BCUT2D eigenvalue weighted by Gasteiger charge is 2.11. The average Bonchev–Trinajstić information content (AvgIpc) is 2.46. The van der Waals surface area contributed by atoms with Crippen LogP contribution < -0.4 is 5.76 Å². The van der Waals surface area contributed by atoms with Crippen molar-refractivity contribution in [3.63, 3.8) is 0 Å². The smallest absolute Gasteiger partial charge is 0.420 e. The Labute approximate surface area is 92.1 Å². The predicted molar refractivity (Wildman–Crippen MR) is 55.9 cm³/mol. The third-order valence-corrected chi connectivity index (χ3v) is 2.63. The van der Waals surface area contributed by atoms with E-state index in [1.54, 1.807) is 0 Å². The summed E-state index contributed by atoms with van der Waals surface area (Å²) in [7, 11) is 0. The van der Waals surface area contributed by atoms with Crippen LogP contribution in [-0.2, 0) is 11.3 Å². The number of phenolic OH excluding ortho intramolecular Hbond substituents is 1. The number of hydrogen-bond donors (Lipinski definition) is 1. The van der Waals surface area contributed by atoms with Gasteiger partial charge in [0.1, 0.15) is 12.0 Å². The fourth-order valence-corrected chi connectivity index (χ4v) is 1.65. The number of rotatable bonds is 2. The Morgan fingerprint density at radius 2 is 2.27 bits per heavy atom. The molecule has 0 radical (unpaired) electrons. The minimum atomic E-state index is -0.616. The molecule has 0 aliphatic carbocycles. The summed E-state index contributed by atoms with van der Waals surface area (Å²) in [5.41, 5.74) is 0.722. The number of hydrogen-bond acceptors (Lipinski definition) is 4. The van der Waals surface area contributed by atoms with Crippen LogP contribution in [0, 0.1) is 0 Å². The first-order valence-corrected chi connectivity index (χ1v) is 4.88. The van der Waals surface area contributed by atoms with Crippen LogP contribution in [0.15, 0.2) is 25.8 Å². The number of aldehydes is 1. The Balaban J connectivity index is 2.81. The van der Waals surface area contributed by atoms with E-state index in [9.17, 15) is 14.7 Å². The molecule has 1 aromatic heterocycles. The molecule has 0 amide bonds. The Hall–Kier alpha value is -1.56. The van der Waals surface area contributed by atoms with Crippen LogP contribution in [0.5, 0.6) is 5.75 Å². The molecule has 2 aromatic rings. The molecule has 0 saturated heterocycles. The van der Waals surface area contributed by atoms with Gasteiger partial charge >= 0.3 is 5.76 Å². The molecular weight excluding hydrogens is 266 g/mol. The standard InChI is InChI=1S/C9H6BrNO4/c10-5-3-6-8(4-7(5)13)15-9(14)11(6)1-2-12/h2-4,13H,1H2. The van der Waals surface area contributed by atoms with Crippen LogP contribution >= 0.6 is 15.9 Å². The Bertz CT molecular complexity index is 584. The summed E-state index contributed by atoms with van der Waals surface area (Å²) in [5.74, 6) is -0.635. The van der Waals surface area contributed by atoms with Crippen LogP contribution in [0.3, 0.4) is 0 Å². The number of phenols is 1. The van der Waals surface area contributed by atoms with E-state index in [0.717, 1.165) is 0 Å². The molecule has 5 nitrogen and oxygen atoms in total. The van der Waals surface area contributed by atoms with Crippen LogP contribution in [-0.4, -0.2) is 16.0 Å². The van der Waals surface area contributed by atoms with E-state index in [1.807, 2.05) is 0 Å². The lowest BCUT2D eigenvalue weighted by Crippen LogP contribution is -2.14. The third kappa shape index (κ3) is 1.56. The fraction of sp³-hybridized carbons (Fsp3) is 0.111. The van der Waals surface area contributed by atoms with E-state index in [4.69, 9.17) is 4.42 Å². The van der Waals surface area contributed by atoms with Crippen molar-refractivity contribution in [1.29, 1.82) is 0 Å². The van der Waals surface area contributed by atoms with Crippen molar-refractivity contribution in [3.8, 4) is 5.75 Å². The first-order chi connectivity index (χ1) is 7.13. The number of halogens is 1. The number of carbonyl (C=O) groups is 1. The highest BCUT2D eigenvalue weighted by molar-refractivity contribution is 9.10. The van der Waals surface area contributed by atoms with E-state index >= 15 is 0 Å². The molecule has 0 aliphatic rings. The summed E-state index contributed by atoms with van der Waals surface area (Å²) in [5, 5.41) is 9.36. The number of aromatic hydroxyl groups is 1. The lowest BCUT2D eigenvalue weighted by Gasteiger charge is -1.97. The minimum absolute atomic E-state index is 0.0190. The summed E-state index contributed by atoms with van der Waals surface area (Å²) < 4.78 is 6.48. The quantitative estimate of drug-likeness (QED) is 0.835. The highest BCUT2D eigenvalue weighted by atomic mass is 79.9. The molecule has 1 aromatic carbocycles. The zero-order chi connectivity index (χ0) is 11.0. The van der Waals surface area contributed by atoms with Crippen LogP contribution in [0.2, 0.25) is 0 Å². The molecule has 2 rings (SSSR count). The van der Waals surface area contributed by atoms with Gasteiger partial charge in [0.15, 0.2) is 5.58 Å². The monoisotopic (exact) mass is 271 g/mol. The van der Waals surface area contributed by atoms with Crippen molar-refractivity contribution in [2.75, 3.05) is 0 Å². The van der Waals surface area contributed by atoms with Gasteiger partial charge in [-0.15, -0.1) is 0 Å². The lowest BCUT2D eigenvalue weighted by molar-refractivity contribution is -0.108. The van der Waals surface area contributed by atoms with Gasteiger partial charge in [0, 0.05) is 6.07 Å². The Morgan fingerprint density at radius 1 is 1.53 bits per heavy atom. The molecular formula is C9H6BrNO4. The molecule has 0 atom stereocenters. The third-order valence-electron chi connectivity index (χ3n) is 1.99. The maximum absolute atomic E-state index is 11.3. The van der Waals surface area contributed by atoms with Crippen molar-refractivity contribution in [1.82, 2.24) is 4.57 Å². The van der Waals surface area contributed by atoms with Crippen LogP contribution in [0.1, 0.15) is 0 Å². The number of nitrogens with zero attached hydrogens (tertiary/aromatic N) is 1. The molecule has 0 unspecified atom stereocenters. The van der Waals surface area contributed by atoms with Gasteiger partial charge in [-0.1, -0.05) is 0 Å². The minimum Gasteiger partial charge on any atom is -0.507 e.